The highest BCUT2D eigenvalue weighted by molar-refractivity contribution is 7.09. The molecular formula is C24H28N2O2S. The van der Waals surface area contributed by atoms with Crippen LogP contribution in [0.5, 0.6) is 5.75 Å². The first-order valence-electron chi connectivity index (χ1n) is 10.0. The van der Waals surface area contributed by atoms with Crippen molar-refractivity contribution in [3.63, 3.8) is 0 Å². The molecule has 5 heteroatoms. The smallest absolute Gasteiger partial charge is 0.227 e. The largest absolute Gasteiger partial charge is 0.486 e. The fourth-order valence-electron chi connectivity index (χ4n) is 3.10. The monoisotopic (exact) mass is 408 g/mol. The summed E-state index contributed by atoms with van der Waals surface area (Å²) in [5.41, 5.74) is 3.07. The minimum atomic E-state index is 0.135. The van der Waals surface area contributed by atoms with E-state index < -0.39 is 0 Å². The van der Waals surface area contributed by atoms with Crippen LogP contribution in [0.3, 0.4) is 0 Å². The van der Waals surface area contributed by atoms with Gasteiger partial charge in [0.2, 0.25) is 5.91 Å². The molecule has 29 heavy (non-hydrogen) atoms. The second-order valence-corrected chi connectivity index (χ2v) is 8.17. The van der Waals surface area contributed by atoms with Crippen molar-refractivity contribution in [3.8, 4) is 5.75 Å². The SMILES string of the molecule is CC[C@H](C)N(Cc1csc(COc2ccccc2C)n1)C(=O)Cc1ccccc1. The fraction of sp³-hybridized carbons (Fsp3) is 0.333. The molecule has 0 aliphatic rings. The number of rotatable bonds is 9. The molecule has 152 valence electrons. The van der Waals surface area contributed by atoms with Crippen LogP contribution in [-0.2, 0) is 24.4 Å². The van der Waals surface area contributed by atoms with Gasteiger partial charge in [-0.25, -0.2) is 4.98 Å². The number of benzene rings is 2. The summed E-state index contributed by atoms with van der Waals surface area (Å²) in [4.78, 5) is 19.6. The van der Waals surface area contributed by atoms with Gasteiger partial charge in [-0.05, 0) is 37.5 Å². The van der Waals surface area contributed by atoms with Gasteiger partial charge in [-0.2, -0.15) is 0 Å². The Morgan fingerprint density at radius 2 is 1.86 bits per heavy atom. The van der Waals surface area contributed by atoms with E-state index in [9.17, 15) is 4.79 Å². The molecule has 3 aromatic rings. The number of aromatic nitrogens is 1. The van der Waals surface area contributed by atoms with Crippen LogP contribution >= 0.6 is 11.3 Å². The molecule has 0 saturated heterocycles. The fourth-order valence-corrected chi connectivity index (χ4v) is 3.80. The molecular weight excluding hydrogens is 380 g/mol. The average Bonchev–Trinajstić information content (AvgIpc) is 3.19. The van der Waals surface area contributed by atoms with Gasteiger partial charge in [0.15, 0.2) is 0 Å². The van der Waals surface area contributed by atoms with Crippen LogP contribution in [0.15, 0.2) is 60.0 Å². The highest BCUT2D eigenvalue weighted by Crippen LogP contribution is 2.20. The van der Waals surface area contributed by atoms with E-state index in [2.05, 4.69) is 13.8 Å². The van der Waals surface area contributed by atoms with Crippen LogP contribution in [0.4, 0.5) is 0 Å². The molecule has 1 aromatic heterocycles. The number of para-hydroxylation sites is 1. The zero-order valence-corrected chi connectivity index (χ0v) is 18.1. The Hall–Kier alpha value is -2.66. The normalized spacial score (nSPS) is 11.8. The highest BCUT2D eigenvalue weighted by Gasteiger charge is 2.20. The molecule has 0 radical (unpaired) electrons. The third kappa shape index (κ3) is 5.91. The molecule has 0 spiro atoms. The Balaban J connectivity index is 1.64. The first kappa shape index (κ1) is 21.1. The van der Waals surface area contributed by atoms with Crippen LogP contribution in [0.1, 0.15) is 42.1 Å². The molecule has 1 atom stereocenters. The van der Waals surface area contributed by atoms with Gasteiger partial charge in [0.25, 0.3) is 0 Å². The van der Waals surface area contributed by atoms with Crippen molar-refractivity contribution in [1.29, 1.82) is 0 Å². The summed E-state index contributed by atoms with van der Waals surface area (Å²) in [7, 11) is 0. The lowest BCUT2D eigenvalue weighted by Crippen LogP contribution is -2.38. The molecule has 0 unspecified atom stereocenters. The number of nitrogens with zero attached hydrogens (tertiary/aromatic N) is 2. The Kier molecular flexibility index (Phi) is 7.42. The third-order valence-corrected chi connectivity index (χ3v) is 5.89. The summed E-state index contributed by atoms with van der Waals surface area (Å²) in [6, 6.07) is 18.0. The van der Waals surface area contributed by atoms with E-state index in [-0.39, 0.29) is 11.9 Å². The van der Waals surface area contributed by atoms with Crippen molar-refractivity contribution in [2.75, 3.05) is 0 Å². The van der Waals surface area contributed by atoms with Crippen molar-refractivity contribution in [2.24, 2.45) is 0 Å². The van der Waals surface area contributed by atoms with Crippen LogP contribution in [0.25, 0.3) is 0 Å². The lowest BCUT2D eigenvalue weighted by Gasteiger charge is -2.28. The second kappa shape index (κ2) is 10.2. The molecule has 3 rings (SSSR count). The molecule has 0 aliphatic carbocycles. The number of carbonyl (C=O) groups excluding carboxylic acids is 1. The molecule has 0 N–H and O–H groups in total. The van der Waals surface area contributed by atoms with E-state index >= 15 is 0 Å². The minimum absolute atomic E-state index is 0.135. The van der Waals surface area contributed by atoms with E-state index in [1.54, 1.807) is 11.3 Å². The van der Waals surface area contributed by atoms with Crippen LogP contribution in [-0.4, -0.2) is 21.8 Å². The number of amides is 1. The first-order chi connectivity index (χ1) is 14.1. The van der Waals surface area contributed by atoms with Gasteiger partial charge in [-0.1, -0.05) is 55.5 Å². The number of hydrogen-bond acceptors (Lipinski definition) is 4. The summed E-state index contributed by atoms with van der Waals surface area (Å²) < 4.78 is 5.90. The van der Waals surface area contributed by atoms with Crippen LogP contribution in [0.2, 0.25) is 0 Å². The minimum Gasteiger partial charge on any atom is -0.486 e. The zero-order chi connectivity index (χ0) is 20.6. The van der Waals surface area contributed by atoms with Crippen LogP contribution in [0, 0.1) is 6.92 Å². The topological polar surface area (TPSA) is 42.4 Å². The van der Waals surface area contributed by atoms with E-state index in [0.717, 1.165) is 34.0 Å². The van der Waals surface area contributed by atoms with Gasteiger partial charge in [-0.15, -0.1) is 11.3 Å². The summed E-state index contributed by atoms with van der Waals surface area (Å²) in [6.45, 7) is 7.21. The van der Waals surface area contributed by atoms with E-state index in [1.807, 2.05) is 71.8 Å². The van der Waals surface area contributed by atoms with Gasteiger partial charge in [0, 0.05) is 11.4 Å². The van der Waals surface area contributed by atoms with Crippen molar-refractivity contribution >= 4 is 17.2 Å². The molecule has 4 nitrogen and oxygen atoms in total. The maximum Gasteiger partial charge on any atom is 0.227 e. The van der Waals surface area contributed by atoms with Crippen LogP contribution < -0.4 is 4.74 Å². The summed E-state index contributed by atoms with van der Waals surface area (Å²) >= 11 is 1.58. The van der Waals surface area contributed by atoms with Gasteiger partial charge in [0.1, 0.15) is 17.4 Å². The van der Waals surface area contributed by atoms with E-state index in [0.29, 0.717) is 19.6 Å². The van der Waals surface area contributed by atoms with Gasteiger partial charge in [-0.3, -0.25) is 4.79 Å². The highest BCUT2D eigenvalue weighted by atomic mass is 32.1. The molecule has 2 aromatic carbocycles. The van der Waals surface area contributed by atoms with E-state index in [4.69, 9.17) is 9.72 Å². The van der Waals surface area contributed by atoms with Gasteiger partial charge < -0.3 is 9.64 Å². The lowest BCUT2D eigenvalue weighted by atomic mass is 10.1. The maximum atomic E-state index is 12.9. The van der Waals surface area contributed by atoms with Crippen molar-refractivity contribution < 1.29 is 9.53 Å². The number of carbonyl (C=O) groups is 1. The van der Waals surface area contributed by atoms with Gasteiger partial charge >= 0.3 is 0 Å². The molecule has 0 bridgehead atoms. The quantitative estimate of drug-likeness (QED) is 0.476. The van der Waals surface area contributed by atoms with Gasteiger partial charge in [0.05, 0.1) is 18.7 Å². The molecule has 1 heterocycles. The van der Waals surface area contributed by atoms with Crippen molar-refractivity contribution in [3.05, 3.63) is 81.8 Å². The lowest BCUT2D eigenvalue weighted by molar-refractivity contribution is -0.133. The molecule has 0 saturated carbocycles. The maximum absolute atomic E-state index is 12.9. The summed E-state index contributed by atoms with van der Waals surface area (Å²) in [5, 5.41) is 2.95. The number of thiazole rings is 1. The number of ether oxygens (including phenoxy) is 1. The molecule has 0 aliphatic heterocycles. The summed E-state index contributed by atoms with van der Waals surface area (Å²) in [5.74, 6) is 1.01. The van der Waals surface area contributed by atoms with Crippen molar-refractivity contribution in [1.82, 2.24) is 9.88 Å². The van der Waals surface area contributed by atoms with Crippen molar-refractivity contribution in [2.45, 2.75) is 52.8 Å². The number of aryl methyl sites for hydroxylation is 1. The first-order valence-corrected chi connectivity index (χ1v) is 10.9. The second-order valence-electron chi connectivity index (χ2n) is 7.23. The Morgan fingerprint density at radius 3 is 2.59 bits per heavy atom. The Bertz CT molecular complexity index is 923. The zero-order valence-electron chi connectivity index (χ0n) is 17.3. The Morgan fingerprint density at radius 1 is 1.14 bits per heavy atom. The number of hydrogen-bond donors (Lipinski definition) is 0. The standard InChI is InChI=1S/C24H28N2O2S/c1-4-19(3)26(24(27)14-20-11-6-5-7-12-20)15-21-17-29-23(25-21)16-28-22-13-9-8-10-18(22)2/h5-13,17,19H,4,14-16H2,1-3H3/t19-/m0/s1. The molecule has 0 fully saturated rings. The third-order valence-electron chi connectivity index (χ3n) is 5.02. The molecule has 1 amide bonds. The predicted octanol–water partition coefficient (Wildman–Crippen LogP) is 5.40. The average molecular weight is 409 g/mol. The summed E-state index contributed by atoms with van der Waals surface area (Å²) in [6.07, 6.45) is 1.33. The Labute approximate surface area is 177 Å². The van der Waals surface area contributed by atoms with E-state index in [1.165, 1.54) is 0 Å². The predicted molar refractivity (Wildman–Crippen MR) is 118 cm³/mol.